The van der Waals surface area contributed by atoms with E-state index in [1.165, 1.54) is 5.56 Å². The van der Waals surface area contributed by atoms with Crippen LogP contribution in [-0.2, 0) is 19.0 Å². The third kappa shape index (κ3) is 3.35. The van der Waals surface area contributed by atoms with E-state index in [4.69, 9.17) is 4.52 Å². The molecule has 0 saturated carbocycles. The molecule has 0 aliphatic carbocycles. The summed E-state index contributed by atoms with van der Waals surface area (Å²) >= 11 is 1.99. The fraction of sp³-hybridized carbons (Fsp3) is 0.667. The van der Waals surface area contributed by atoms with Crippen molar-refractivity contribution in [1.29, 1.82) is 0 Å². The van der Waals surface area contributed by atoms with Gasteiger partial charge in [0.15, 0.2) is 5.82 Å². The fourth-order valence-corrected chi connectivity index (χ4v) is 3.70. The molecule has 3 heterocycles. The molecule has 1 aliphatic heterocycles. The molecular formula is C15H23N5OS. The summed E-state index contributed by atoms with van der Waals surface area (Å²) in [4.78, 5) is 6.97. The largest absolute Gasteiger partial charge is 0.338 e. The van der Waals surface area contributed by atoms with Crippen molar-refractivity contribution in [3.8, 4) is 0 Å². The van der Waals surface area contributed by atoms with E-state index in [0.29, 0.717) is 18.5 Å². The summed E-state index contributed by atoms with van der Waals surface area (Å²) in [6.07, 6.45) is 4.05. The number of nitrogens with zero attached hydrogens (tertiary/aromatic N) is 5. The van der Waals surface area contributed by atoms with Crippen molar-refractivity contribution in [1.82, 2.24) is 24.8 Å². The van der Waals surface area contributed by atoms with Gasteiger partial charge in [-0.25, -0.2) is 0 Å². The van der Waals surface area contributed by atoms with Crippen molar-refractivity contribution >= 4 is 11.8 Å². The van der Waals surface area contributed by atoms with Crippen LogP contribution in [0.5, 0.6) is 0 Å². The summed E-state index contributed by atoms with van der Waals surface area (Å²) in [6.45, 7) is 8.01. The quantitative estimate of drug-likeness (QED) is 0.865. The molecular weight excluding hydrogens is 298 g/mol. The van der Waals surface area contributed by atoms with Gasteiger partial charge >= 0.3 is 0 Å². The molecule has 0 aromatic carbocycles. The lowest BCUT2D eigenvalue weighted by molar-refractivity contribution is 0.183. The van der Waals surface area contributed by atoms with Crippen LogP contribution in [0.15, 0.2) is 16.9 Å². The van der Waals surface area contributed by atoms with Gasteiger partial charge in [0.1, 0.15) is 0 Å². The zero-order chi connectivity index (χ0) is 15.7. The molecule has 1 atom stereocenters. The molecule has 0 radical (unpaired) electrons. The lowest BCUT2D eigenvalue weighted by Crippen LogP contribution is -2.35. The Labute approximate surface area is 135 Å². The highest BCUT2D eigenvalue weighted by Crippen LogP contribution is 2.30. The van der Waals surface area contributed by atoms with Gasteiger partial charge in [0, 0.05) is 48.3 Å². The number of thioether (sulfide) groups is 1. The van der Waals surface area contributed by atoms with E-state index in [-0.39, 0.29) is 5.41 Å². The van der Waals surface area contributed by atoms with Crippen molar-refractivity contribution in [2.24, 2.45) is 7.05 Å². The first kappa shape index (κ1) is 15.6. The highest BCUT2D eigenvalue weighted by molar-refractivity contribution is 7.99. The third-order valence-electron chi connectivity index (χ3n) is 3.83. The fourth-order valence-electron chi connectivity index (χ4n) is 2.54. The van der Waals surface area contributed by atoms with Gasteiger partial charge in [-0.2, -0.15) is 21.8 Å². The Balaban J connectivity index is 1.75. The van der Waals surface area contributed by atoms with Crippen molar-refractivity contribution in [3.05, 3.63) is 29.7 Å². The molecule has 7 heteroatoms. The molecule has 120 valence electrons. The number of aryl methyl sites for hydroxylation is 1. The third-order valence-corrected chi connectivity index (χ3v) is 4.85. The second-order valence-electron chi connectivity index (χ2n) is 6.77. The molecule has 22 heavy (non-hydrogen) atoms. The SMILES string of the molecule is Cn1cc([C@@H]2CSCCN2Cc2nc(C(C)(C)C)no2)cn1. The number of aromatic nitrogens is 4. The first-order valence-corrected chi connectivity index (χ1v) is 8.72. The van der Waals surface area contributed by atoms with E-state index in [0.717, 1.165) is 23.9 Å². The number of rotatable bonds is 3. The topological polar surface area (TPSA) is 60.0 Å². The molecule has 0 amide bonds. The predicted molar refractivity (Wildman–Crippen MR) is 86.7 cm³/mol. The molecule has 1 aliphatic rings. The average Bonchev–Trinajstić information content (AvgIpc) is 3.08. The van der Waals surface area contributed by atoms with Gasteiger partial charge in [-0.05, 0) is 0 Å². The molecule has 0 spiro atoms. The van der Waals surface area contributed by atoms with Gasteiger partial charge in [0.2, 0.25) is 5.89 Å². The van der Waals surface area contributed by atoms with Crippen LogP contribution in [0.4, 0.5) is 0 Å². The van der Waals surface area contributed by atoms with Crippen molar-refractivity contribution in [2.75, 3.05) is 18.1 Å². The molecule has 3 rings (SSSR count). The first-order valence-electron chi connectivity index (χ1n) is 7.57. The normalized spacial score (nSPS) is 20.5. The zero-order valence-corrected chi connectivity index (χ0v) is 14.4. The summed E-state index contributed by atoms with van der Waals surface area (Å²) in [5, 5.41) is 8.42. The van der Waals surface area contributed by atoms with Crippen LogP contribution in [0.3, 0.4) is 0 Å². The highest BCUT2D eigenvalue weighted by Gasteiger charge is 2.28. The van der Waals surface area contributed by atoms with E-state index >= 15 is 0 Å². The van der Waals surface area contributed by atoms with Crippen LogP contribution in [-0.4, -0.2) is 42.9 Å². The summed E-state index contributed by atoms with van der Waals surface area (Å²) in [5.74, 6) is 3.68. The maximum Gasteiger partial charge on any atom is 0.240 e. The second kappa shape index (κ2) is 6.04. The zero-order valence-electron chi connectivity index (χ0n) is 13.6. The predicted octanol–water partition coefficient (Wildman–Crippen LogP) is 2.39. The average molecular weight is 321 g/mol. The van der Waals surface area contributed by atoms with Gasteiger partial charge in [-0.15, -0.1) is 0 Å². The van der Waals surface area contributed by atoms with Crippen molar-refractivity contribution in [3.63, 3.8) is 0 Å². The van der Waals surface area contributed by atoms with Crippen LogP contribution in [0.25, 0.3) is 0 Å². The summed E-state index contributed by atoms with van der Waals surface area (Å²) in [6, 6.07) is 0.359. The van der Waals surface area contributed by atoms with Gasteiger partial charge in [-0.3, -0.25) is 9.58 Å². The molecule has 2 aromatic rings. The summed E-state index contributed by atoms with van der Waals surface area (Å²) in [5.41, 5.74) is 1.17. The van der Waals surface area contributed by atoms with Crippen molar-refractivity contribution < 1.29 is 4.52 Å². The van der Waals surface area contributed by atoms with E-state index in [1.807, 2.05) is 29.7 Å². The number of hydrogen-bond donors (Lipinski definition) is 0. The molecule has 0 N–H and O–H groups in total. The van der Waals surface area contributed by atoms with Gasteiger partial charge < -0.3 is 4.52 Å². The van der Waals surface area contributed by atoms with Gasteiger partial charge in [0.25, 0.3) is 0 Å². The van der Waals surface area contributed by atoms with Crippen molar-refractivity contribution in [2.45, 2.75) is 38.8 Å². The lowest BCUT2D eigenvalue weighted by Gasteiger charge is -2.33. The maximum absolute atomic E-state index is 5.45. The minimum absolute atomic E-state index is 0.0811. The minimum Gasteiger partial charge on any atom is -0.338 e. The Morgan fingerprint density at radius 2 is 2.23 bits per heavy atom. The van der Waals surface area contributed by atoms with Crippen LogP contribution in [0.1, 0.15) is 44.1 Å². The van der Waals surface area contributed by atoms with E-state index in [2.05, 4.69) is 47.1 Å². The Morgan fingerprint density at radius 1 is 1.41 bits per heavy atom. The molecule has 2 aromatic heterocycles. The maximum atomic E-state index is 5.45. The standard InChI is InChI=1S/C15H23N5OS/c1-15(2,3)14-17-13(21-18-14)9-20-5-6-22-10-12(20)11-7-16-19(4)8-11/h7-8,12H,5-6,9-10H2,1-4H3/t12-/m0/s1. The van der Waals surface area contributed by atoms with E-state index in [1.54, 1.807) is 0 Å². The minimum atomic E-state index is -0.0811. The summed E-state index contributed by atoms with van der Waals surface area (Å²) < 4.78 is 7.31. The molecule has 1 fully saturated rings. The Kier molecular flexibility index (Phi) is 4.27. The Morgan fingerprint density at radius 3 is 2.86 bits per heavy atom. The smallest absolute Gasteiger partial charge is 0.240 e. The van der Waals surface area contributed by atoms with E-state index in [9.17, 15) is 0 Å². The van der Waals surface area contributed by atoms with E-state index < -0.39 is 0 Å². The molecule has 0 unspecified atom stereocenters. The Bertz CT molecular complexity index is 630. The Hall–Kier alpha value is -1.34. The summed E-state index contributed by atoms with van der Waals surface area (Å²) in [7, 11) is 1.96. The van der Waals surface area contributed by atoms with Crippen LogP contribution in [0, 0.1) is 0 Å². The highest BCUT2D eigenvalue weighted by atomic mass is 32.2. The molecule has 0 bridgehead atoms. The van der Waals surface area contributed by atoms with Crippen LogP contribution < -0.4 is 0 Å². The lowest BCUT2D eigenvalue weighted by atomic mass is 9.96. The van der Waals surface area contributed by atoms with Gasteiger partial charge in [-0.1, -0.05) is 25.9 Å². The monoisotopic (exact) mass is 321 g/mol. The first-order chi connectivity index (χ1) is 10.4. The van der Waals surface area contributed by atoms with Gasteiger partial charge in [0.05, 0.1) is 12.7 Å². The molecule has 1 saturated heterocycles. The molecule has 6 nitrogen and oxygen atoms in total. The van der Waals surface area contributed by atoms with Crippen LogP contribution in [0.2, 0.25) is 0 Å². The second-order valence-corrected chi connectivity index (χ2v) is 7.92. The number of hydrogen-bond acceptors (Lipinski definition) is 6. The van der Waals surface area contributed by atoms with Crippen LogP contribution >= 0.6 is 11.8 Å².